The number of rotatable bonds is 2. The summed E-state index contributed by atoms with van der Waals surface area (Å²) in [5.41, 5.74) is 2.03. The molecule has 72 valence electrons. The fourth-order valence-corrected chi connectivity index (χ4v) is 1.74. The van der Waals surface area contributed by atoms with E-state index in [1.165, 1.54) is 12.8 Å². The van der Waals surface area contributed by atoms with E-state index in [1.54, 1.807) is 7.11 Å². The highest BCUT2D eigenvalue weighted by Gasteiger charge is 2.27. The first-order chi connectivity index (χ1) is 6.88. The predicted molar refractivity (Wildman–Crippen MR) is 54.6 cm³/mol. The van der Waals surface area contributed by atoms with Crippen molar-refractivity contribution in [3.05, 3.63) is 24.0 Å². The number of hydrogen-bond donors (Lipinski definition) is 1. The Labute approximate surface area is 82.1 Å². The van der Waals surface area contributed by atoms with E-state index in [1.807, 2.05) is 18.2 Å². The minimum atomic E-state index is 0.659. The second-order valence-electron chi connectivity index (χ2n) is 3.75. The van der Waals surface area contributed by atoms with Crippen LogP contribution in [0, 0.1) is 0 Å². The molecule has 2 aromatic rings. The van der Waals surface area contributed by atoms with Crippen LogP contribution in [-0.2, 0) is 0 Å². The van der Waals surface area contributed by atoms with Crippen molar-refractivity contribution in [3.63, 3.8) is 0 Å². The van der Waals surface area contributed by atoms with Crippen LogP contribution in [0.5, 0.6) is 5.75 Å². The number of aromatic nitrogens is 2. The van der Waals surface area contributed by atoms with Crippen LogP contribution in [0.2, 0.25) is 0 Å². The van der Waals surface area contributed by atoms with Gasteiger partial charge in [0.05, 0.1) is 12.6 Å². The van der Waals surface area contributed by atoms with E-state index in [0.29, 0.717) is 5.92 Å². The molecule has 1 aliphatic rings. The molecule has 3 rings (SSSR count). The molecule has 1 fully saturated rings. The van der Waals surface area contributed by atoms with E-state index in [9.17, 15) is 0 Å². The second-order valence-corrected chi connectivity index (χ2v) is 3.75. The Balaban J connectivity index is 2.20. The lowest BCUT2D eigenvalue weighted by Crippen LogP contribution is -1.83. The monoisotopic (exact) mass is 188 g/mol. The number of fused-ring (bicyclic) bond motifs is 1. The Morgan fingerprint density at radius 2 is 2.29 bits per heavy atom. The van der Waals surface area contributed by atoms with Crippen molar-refractivity contribution in [1.29, 1.82) is 0 Å². The third-order valence-corrected chi connectivity index (χ3v) is 2.68. The number of nitrogens with zero attached hydrogens (tertiary/aromatic N) is 1. The molecule has 1 aromatic carbocycles. The van der Waals surface area contributed by atoms with Crippen LogP contribution in [-0.4, -0.2) is 17.1 Å². The number of H-pyrrole nitrogens is 1. The molecule has 0 atom stereocenters. The summed E-state index contributed by atoms with van der Waals surface area (Å²) in [4.78, 5) is 7.91. The average molecular weight is 188 g/mol. The minimum absolute atomic E-state index is 0.659. The third-order valence-electron chi connectivity index (χ3n) is 2.68. The molecule has 1 N–H and O–H groups in total. The number of ether oxygens (including phenoxy) is 1. The van der Waals surface area contributed by atoms with Crippen LogP contribution in [0.15, 0.2) is 18.2 Å². The summed E-state index contributed by atoms with van der Waals surface area (Å²) >= 11 is 0. The molecular weight excluding hydrogens is 176 g/mol. The number of benzene rings is 1. The molecule has 0 radical (unpaired) electrons. The summed E-state index contributed by atoms with van der Waals surface area (Å²) in [5, 5.41) is 0. The smallest absolute Gasteiger partial charge is 0.146 e. The van der Waals surface area contributed by atoms with Gasteiger partial charge in [0.25, 0.3) is 0 Å². The Morgan fingerprint density at radius 3 is 3.00 bits per heavy atom. The maximum absolute atomic E-state index is 5.26. The zero-order valence-electron chi connectivity index (χ0n) is 8.08. The van der Waals surface area contributed by atoms with Gasteiger partial charge in [-0.05, 0) is 25.0 Å². The zero-order valence-corrected chi connectivity index (χ0v) is 8.08. The van der Waals surface area contributed by atoms with Crippen molar-refractivity contribution in [2.45, 2.75) is 18.8 Å². The minimum Gasteiger partial charge on any atom is -0.494 e. The van der Waals surface area contributed by atoms with E-state index in [4.69, 9.17) is 4.74 Å². The molecule has 14 heavy (non-hydrogen) atoms. The van der Waals surface area contributed by atoms with Gasteiger partial charge in [-0.2, -0.15) is 0 Å². The molecule has 0 aliphatic heterocycles. The van der Waals surface area contributed by atoms with E-state index in [2.05, 4.69) is 9.97 Å². The van der Waals surface area contributed by atoms with Gasteiger partial charge in [0.15, 0.2) is 0 Å². The Hall–Kier alpha value is -1.51. The van der Waals surface area contributed by atoms with Gasteiger partial charge in [-0.1, -0.05) is 6.07 Å². The summed E-state index contributed by atoms with van der Waals surface area (Å²) in [5.74, 6) is 2.63. The van der Waals surface area contributed by atoms with Crippen molar-refractivity contribution in [3.8, 4) is 5.75 Å². The number of hydrogen-bond acceptors (Lipinski definition) is 2. The molecule has 3 nitrogen and oxygen atoms in total. The summed E-state index contributed by atoms with van der Waals surface area (Å²) < 4.78 is 5.26. The van der Waals surface area contributed by atoms with Crippen LogP contribution in [0.25, 0.3) is 11.0 Å². The topological polar surface area (TPSA) is 37.9 Å². The zero-order chi connectivity index (χ0) is 9.54. The normalized spacial score (nSPS) is 16.1. The summed E-state index contributed by atoms with van der Waals surface area (Å²) in [6, 6.07) is 5.96. The maximum Gasteiger partial charge on any atom is 0.146 e. The van der Waals surface area contributed by atoms with Crippen molar-refractivity contribution in [1.82, 2.24) is 9.97 Å². The summed E-state index contributed by atoms with van der Waals surface area (Å²) in [6.07, 6.45) is 2.53. The van der Waals surface area contributed by atoms with E-state index < -0.39 is 0 Å². The van der Waals surface area contributed by atoms with Crippen molar-refractivity contribution in [2.24, 2.45) is 0 Å². The van der Waals surface area contributed by atoms with Crippen LogP contribution >= 0.6 is 0 Å². The molecular formula is C11H12N2O. The van der Waals surface area contributed by atoms with Gasteiger partial charge in [-0.3, -0.25) is 0 Å². The molecule has 3 heteroatoms. The van der Waals surface area contributed by atoms with Gasteiger partial charge in [-0.15, -0.1) is 0 Å². The molecule has 0 bridgehead atoms. The van der Waals surface area contributed by atoms with Crippen LogP contribution in [0.1, 0.15) is 24.6 Å². The molecule has 0 unspecified atom stereocenters. The molecule has 1 saturated carbocycles. The Bertz CT molecular complexity index is 471. The van der Waals surface area contributed by atoms with E-state index >= 15 is 0 Å². The average Bonchev–Trinajstić information content (AvgIpc) is 2.97. The predicted octanol–water partition coefficient (Wildman–Crippen LogP) is 2.45. The highest BCUT2D eigenvalue weighted by molar-refractivity contribution is 5.81. The molecule has 1 aliphatic carbocycles. The second kappa shape index (κ2) is 2.74. The summed E-state index contributed by atoms with van der Waals surface area (Å²) in [7, 11) is 1.68. The van der Waals surface area contributed by atoms with Gasteiger partial charge >= 0.3 is 0 Å². The number of methoxy groups -OCH3 is 1. The molecule has 0 amide bonds. The maximum atomic E-state index is 5.26. The molecule has 0 saturated heterocycles. The lowest BCUT2D eigenvalue weighted by Gasteiger charge is -1.97. The van der Waals surface area contributed by atoms with Gasteiger partial charge < -0.3 is 9.72 Å². The van der Waals surface area contributed by atoms with Gasteiger partial charge in [0.1, 0.15) is 17.1 Å². The fourth-order valence-electron chi connectivity index (χ4n) is 1.74. The number of imidazole rings is 1. The van der Waals surface area contributed by atoms with E-state index in [0.717, 1.165) is 22.6 Å². The van der Waals surface area contributed by atoms with Crippen molar-refractivity contribution in [2.75, 3.05) is 7.11 Å². The molecule has 0 spiro atoms. The Kier molecular flexibility index (Phi) is 1.54. The van der Waals surface area contributed by atoms with Crippen molar-refractivity contribution < 1.29 is 4.74 Å². The SMILES string of the molecule is COc1cccc2[nH]c(C3CC3)nc12. The Morgan fingerprint density at radius 1 is 1.43 bits per heavy atom. The number of aromatic amines is 1. The highest BCUT2D eigenvalue weighted by Crippen LogP contribution is 2.39. The van der Waals surface area contributed by atoms with Gasteiger partial charge in [0.2, 0.25) is 0 Å². The molecule has 1 heterocycles. The third kappa shape index (κ3) is 1.09. The van der Waals surface area contributed by atoms with Crippen molar-refractivity contribution >= 4 is 11.0 Å². The highest BCUT2D eigenvalue weighted by atomic mass is 16.5. The molecule has 1 aromatic heterocycles. The quantitative estimate of drug-likeness (QED) is 0.786. The van der Waals surface area contributed by atoms with Crippen LogP contribution in [0.4, 0.5) is 0 Å². The first kappa shape index (κ1) is 7.85. The largest absolute Gasteiger partial charge is 0.494 e. The van der Waals surface area contributed by atoms with Crippen LogP contribution in [0.3, 0.4) is 0 Å². The van der Waals surface area contributed by atoms with E-state index in [-0.39, 0.29) is 0 Å². The standard InChI is InChI=1S/C11H12N2O/c1-14-9-4-2-3-8-10(9)13-11(12-8)7-5-6-7/h2-4,7H,5-6H2,1H3,(H,12,13). The number of nitrogens with one attached hydrogen (secondary N) is 1. The van der Waals surface area contributed by atoms with Crippen LogP contribution < -0.4 is 4.74 Å². The number of para-hydroxylation sites is 1. The lowest BCUT2D eigenvalue weighted by atomic mass is 10.3. The van der Waals surface area contributed by atoms with Gasteiger partial charge in [0, 0.05) is 5.92 Å². The first-order valence-corrected chi connectivity index (χ1v) is 4.91. The fraction of sp³-hybridized carbons (Fsp3) is 0.364. The van der Waals surface area contributed by atoms with Gasteiger partial charge in [-0.25, -0.2) is 4.98 Å². The summed E-state index contributed by atoms with van der Waals surface area (Å²) in [6.45, 7) is 0. The first-order valence-electron chi connectivity index (χ1n) is 4.91. The lowest BCUT2D eigenvalue weighted by molar-refractivity contribution is 0.419.